The molecule has 3 N–H and O–H groups in total. The van der Waals surface area contributed by atoms with E-state index < -0.39 is 0 Å². The van der Waals surface area contributed by atoms with Crippen LogP contribution >= 0.6 is 0 Å². The lowest BCUT2D eigenvalue weighted by Gasteiger charge is -2.40. The molecule has 2 rings (SSSR count). The lowest BCUT2D eigenvalue weighted by molar-refractivity contribution is -0.121. The Labute approximate surface area is 133 Å². The SMILES string of the molecule is CC1CC(C)(C)CCC1NCC(Cc1cnn(C)c1)C(N)=O. The van der Waals surface area contributed by atoms with Gasteiger partial charge in [-0.1, -0.05) is 20.8 Å². The second-order valence-electron chi connectivity index (χ2n) is 7.72. The van der Waals surface area contributed by atoms with Gasteiger partial charge in [0.2, 0.25) is 5.91 Å². The number of carbonyl (C=O) groups excluding carboxylic acids is 1. The number of aryl methyl sites for hydroxylation is 1. The zero-order valence-corrected chi connectivity index (χ0v) is 14.3. The van der Waals surface area contributed by atoms with Gasteiger partial charge in [0.1, 0.15) is 0 Å². The van der Waals surface area contributed by atoms with Gasteiger partial charge in [-0.25, -0.2) is 0 Å². The molecule has 1 aromatic rings. The number of nitrogens with two attached hydrogens (primary N) is 1. The van der Waals surface area contributed by atoms with Crippen LogP contribution in [0, 0.1) is 17.3 Å². The Bertz CT molecular complexity index is 509. The lowest BCUT2D eigenvalue weighted by atomic mass is 9.70. The van der Waals surface area contributed by atoms with Crippen molar-refractivity contribution in [1.29, 1.82) is 0 Å². The first kappa shape index (κ1) is 17.0. The van der Waals surface area contributed by atoms with Crippen molar-refractivity contribution in [2.75, 3.05) is 6.54 Å². The van der Waals surface area contributed by atoms with Crippen LogP contribution in [0.3, 0.4) is 0 Å². The van der Waals surface area contributed by atoms with Crippen LogP contribution < -0.4 is 11.1 Å². The summed E-state index contributed by atoms with van der Waals surface area (Å²) in [5, 5.41) is 7.74. The number of carbonyl (C=O) groups is 1. The Kier molecular flexibility index (Phi) is 5.27. The van der Waals surface area contributed by atoms with Crippen molar-refractivity contribution < 1.29 is 4.79 Å². The van der Waals surface area contributed by atoms with Gasteiger partial charge >= 0.3 is 0 Å². The fraction of sp³-hybridized carbons (Fsp3) is 0.765. The standard InChI is InChI=1S/C17H30N4O/c1-12-8-17(2,3)6-5-15(12)19-10-14(16(18)22)7-13-9-20-21(4)11-13/h9,11-12,14-15,19H,5-8,10H2,1-4H3,(H2,18,22). The number of aromatic nitrogens is 2. The highest BCUT2D eigenvalue weighted by Gasteiger charge is 2.32. The average molecular weight is 306 g/mol. The van der Waals surface area contributed by atoms with Gasteiger partial charge in [-0.05, 0) is 42.6 Å². The van der Waals surface area contributed by atoms with Crippen LogP contribution in [0.25, 0.3) is 0 Å². The van der Waals surface area contributed by atoms with Crippen LogP contribution in [-0.2, 0) is 18.3 Å². The minimum Gasteiger partial charge on any atom is -0.369 e. The molecule has 1 fully saturated rings. The third-order valence-electron chi connectivity index (χ3n) is 4.96. The van der Waals surface area contributed by atoms with Crippen LogP contribution in [0.2, 0.25) is 0 Å². The minimum absolute atomic E-state index is 0.175. The van der Waals surface area contributed by atoms with Crippen LogP contribution in [0.15, 0.2) is 12.4 Å². The summed E-state index contributed by atoms with van der Waals surface area (Å²) in [7, 11) is 1.88. The van der Waals surface area contributed by atoms with Crippen LogP contribution in [0.4, 0.5) is 0 Å². The predicted molar refractivity (Wildman–Crippen MR) is 88.2 cm³/mol. The maximum atomic E-state index is 11.7. The van der Waals surface area contributed by atoms with E-state index in [-0.39, 0.29) is 11.8 Å². The first-order valence-electron chi connectivity index (χ1n) is 8.27. The van der Waals surface area contributed by atoms with Gasteiger partial charge < -0.3 is 11.1 Å². The summed E-state index contributed by atoms with van der Waals surface area (Å²) in [6.07, 6.45) is 8.05. The maximum Gasteiger partial charge on any atom is 0.222 e. The molecule has 1 amide bonds. The van der Waals surface area contributed by atoms with Gasteiger partial charge in [-0.2, -0.15) is 5.10 Å². The van der Waals surface area contributed by atoms with Crippen molar-refractivity contribution in [2.24, 2.45) is 30.0 Å². The molecule has 0 aliphatic heterocycles. The molecule has 0 radical (unpaired) electrons. The normalized spacial score (nSPS) is 25.8. The Morgan fingerprint density at radius 3 is 2.86 bits per heavy atom. The van der Waals surface area contributed by atoms with Gasteiger partial charge in [0.15, 0.2) is 0 Å². The summed E-state index contributed by atoms with van der Waals surface area (Å²) in [5.74, 6) is 0.224. The van der Waals surface area contributed by atoms with E-state index in [1.54, 1.807) is 4.68 Å². The highest BCUT2D eigenvalue weighted by Crippen LogP contribution is 2.38. The van der Waals surface area contributed by atoms with Crippen LogP contribution in [0.1, 0.15) is 45.6 Å². The summed E-state index contributed by atoms with van der Waals surface area (Å²) >= 11 is 0. The molecule has 0 aromatic carbocycles. The van der Waals surface area contributed by atoms with Crippen LogP contribution in [-0.4, -0.2) is 28.3 Å². The summed E-state index contributed by atoms with van der Waals surface area (Å²) in [5.41, 5.74) is 7.08. The molecule has 22 heavy (non-hydrogen) atoms. The Morgan fingerprint density at radius 1 is 1.59 bits per heavy atom. The highest BCUT2D eigenvalue weighted by atomic mass is 16.1. The first-order valence-corrected chi connectivity index (χ1v) is 8.27. The number of amides is 1. The molecule has 1 heterocycles. The zero-order chi connectivity index (χ0) is 16.3. The molecule has 3 unspecified atom stereocenters. The topological polar surface area (TPSA) is 72.9 Å². The van der Waals surface area contributed by atoms with E-state index in [0.717, 1.165) is 5.56 Å². The molecule has 5 heteroatoms. The molecule has 0 saturated heterocycles. The number of nitrogens with one attached hydrogen (secondary N) is 1. The summed E-state index contributed by atoms with van der Waals surface area (Å²) in [6.45, 7) is 7.64. The number of hydrogen-bond acceptors (Lipinski definition) is 3. The largest absolute Gasteiger partial charge is 0.369 e. The fourth-order valence-electron chi connectivity index (χ4n) is 3.68. The van der Waals surface area contributed by atoms with Gasteiger partial charge in [0, 0.05) is 25.8 Å². The van der Waals surface area contributed by atoms with E-state index in [9.17, 15) is 4.79 Å². The second-order valence-corrected chi connectivity index (χ2v) is 7.72. The monoisotopic (exact) mass is 306 g/mol. The van der Waals surface area contributed by atoms with Crippen molar-refractivity contribution in [3.8, 4) is 0 Å². The number of hydrogen-bond donors (Lipinski definition) is 2. The predicted octanol–water partition coefficient (Wildman–Crippen LogP) is 1.87. The number of rotatable bonds is 6. The summed E-state index contributed by atoms with van der Waals surface area (Å²) in [4.78, 5) is 11.7. The zero-order valence-electron chi connectivity index (χ0n) is 14.3. The van der Waals surface area contributed by atoms with Gasteiger partial charge in [0.05, 0.1) is 12.1 Å². The third kappa shape index (κ3) is 4.57. The molecular formula is C17H30N4O. The highest BCUT2D eigenvalue weighted by molar-refractivity contribution is 5.77. The Morgan fingerprint density at radius 2 is 2.32 bits per heavy atom. The minimum atomic E-state index is -0.236. The number of primary amides is 1. The molecule has 1 aliphatic carbocycles. The molecule has 1 saturated carbocycles. The van der Waals surface area contributed by atoms with E-state index in [1.807, 2.05) is 19.4 Å². The third-order valence-corrected chi connectivity index (χ3v) is 4.96. The van der Waals surface area contributed by atoms with Crippen molar-refractivity contribution in [3.05, 3.63) is 18.0 Å². The van der Waals surface area contributed by atoms with Gasteiger partial charge in [-0.3, -0.25) is 9.48 Å². The maximum absolute atomic E-state index is 11.7. The van der Waals surface area contributed by atoms with E-state index in [4.69, 9.17) is 5.73 Å². The number of nitrogens with zero attached hydrogens (tertiary/aromatic N) is 2. The first-order chi connectivity index (χ1) is 10.3. The molecule has 124 valence electrons. The molecule has 0 spiro atoms. The van der Waals surface area contributed by atoms with Crippen LogP contribution in [0.5, 0.6) is 0 Å². The molecule has 5 nitrogen and oxygen atoms in total. The Hall–Kier alpha value is -1.36. The summed E-state index contributed by atoms with van der Waals surface area (Å²) in [6, 6.07) is 0.490. The van der Waals surface area contributed by atoms with E-state index in [2.05, 4.69) is 31.2 Å². The van der Waals surface area contributed by atoms with E-state index in [1.165, 1.54) is 19.3 Å². The quantitative estimate of drug-likeness (QED) is 0.842. The molecular weight excluding hydrogens is 276 g/mol. The fourth-order valence-corrected chi connectivity index (χ4v) is 3.68. The second kappa shape index (κ2) is 6.82. The van der Waals surface area contributed by atoms with E-state index >= 15 is 0 Å². The van der Waals surface area contributed by atoms with Crippen molar-refractivity contribution in [2.45, 2.75) is 52.5 Å². The van der Waals surface area contributed by atoms with E-state index in [0.29, 0.717) is 30.3 Å². The summed E-state index contributed by atoms with van der Waals surface area (Å²) < 4.78 is 1.76. The lowest BCUT2D eigenvalue weighted by Crippen LogP contribution is -2.45. The molecule has 1 aliphatic rings. The molecule has 0 bridgehead atoms. The van der Waals surface area contributed by atoms with Gasteiger partial charge in [-0.15, -0.1) is 0 Å². The van der Waals surface area contributed by atoms with Crippen molar-refractivity contribution in [1.82, 2.24) is 15.1 Å². The molecule has 3 atom stereocenters. The Balaban J connectivity index is 1.88. The van der Waals surface area contributed by atoms with Gasteiger partial charge in [0.25, 0.3) is 0 Å². The van der Waals surface area contributed by atoms with Crippen molar-refractivity contribution >= 4 is 5.91 Å². The average Bonchev–Trinajstić information content (AvgIpc) is 2.80. The smallest absolute Gasteiger partial charge is 0.222 e. The van der Waals surface area contributed by atoms with Crippen molar-refractivity contribution in [3.63, 3.8) is 0 Å². The molecule has 1 aromatic heterocycles.